The molecule has 0 bridgehead atoms. The van der Waals surface area contributed by atoms with E-state index in [1.807, 2.05) is 36.6 Å². The van der Waals surface area contributed by atoms with Crippen molar-refractivity contribution in [2.45, 2.75) is 13.3 Å². The Kier molecular flexibility index (Phi) is 5.34. The molecule has 2 amide bonds. The molecule has 3 aromatic rings. The zero-order valence-corrected chi connectivity index (χ0v) is 15.0. The molecule has 0 atom stereocenters. The predicted octanol–water partition coefficient (Wildman–Crippen LogP) is 4.20. The van der Waals surface area contributed by atoms with Crippen LogP contribution in [0.4, 0.5) is 11.4 Å². The Morgan fingerprint density at radius 1 is 1.04 bits per heavy atom. The van der Waals surface area contributed by atoms with E-state index in [0.29, 0.717) is 11.3 Å². The van der Waals surface area contributed by atoms with E-state index in [4.69, 9.17) is 0 Å². The summed E-state index contributed by atoms with van der Waals surface area (Å²) in [5.74, 6) is -0.572. The number of thiophene rings is 1. The van der Waals surface area contributed by atoms with Gasteiger partial charge in [0.25, 0.3) is 5.91 Å². The van der Waals surface area contributed by atoms with Crippen LogP contribution in [0.25, 0.3) is 0 Å². The van der Waals surface area contributed by atoms with Crippen molar-refractivity contribution in [3.8, 4) is 5.75 Å². The fourth-order valence-electron chi connectivity index (χ4n) is 2.51. The van der Waals surface area contributed by atoms with Gasteiger partial charge in [-0.2, -0.15) is 0 Å². The molecule has 0 aliphatic carbocycles. The second-order valence-corrected chi connectivity index (χ2v) is 6.84. The van der Waals surface area contributed by atoms with E-state index in [9.17, 15) is 14.7 Å². The van der Waals surface area contributed by atoms with Crippen molar-refractivity contribution >= 4 is 34.5 Å². The first-order chi connectivity index (χ1) is 12.5. The third kappa shape index (κ3) is 4.29. The minimum absolute atomic E-state index is 0.110. The molecule has 1 heterocycles. The van der Waals surface area contributed by atoms with Crippen molar-refractivity contribution in [3.63, 3.8) is 0 Å². The molecule has 0 saturated carbocycles. The van der Waals surface area contributed by atoms with Gasteiger partial charge in [-0.15, -0.1) is 11.3 Å². The minimum atomic E-state index is -0.298. The Balaban J connectivity index is 1.66. The van der Waals surface area contributed by atoms with Crippen LogP contribution in [0.3, 0.4) is 0 Å². The summed E-state index contributed by atoms with van der Waals surface area (Å²) >= 11 is 1.52. The summed E-state index contributed by atoms with van der Waals surface area (Å²) in [6, 6.07) is 15.6. The van der Waals surface area contributed by atoms with Crippen LogP contribution in [0.5, 0.6) is 5.75 Å². The molecular weight excluding hydrogens is 348 g/mol. The lowest BCUT2D eigenvalue weighted by Gasteiger charge is -2.11. The van der Waals surface area contributed by atoms with Crippen LogP contribution in [0.1, 0.15) is 20.8 Å². The molecule has 0 saturated heterocycles. The van der Waals surface area contributed by atoms with E-state index < -0.39 is 0 Å². The van der Waals surface area contributed by atoms with E-state index in [1.165, 1.54) is 17.4 Å². The monoisotopic (exact) mass is 366 g/mol. The number of phenolic OH excluding ortho intramolecular Hbond substituents is 1. The zero-order chi connectivity index (χ0) is 18.5. The smallest absolute Gasteiger partial charge is 0.256 e. The molecule has 0 spiro atoms. The molecule has 5 nitrogen and oxygen atoms in total. The van der Waals surface area contributed by atoms with Gasteiger partial charge in [-0.05, 0) is 42.1 Å². The van der Waals surface area contributed by atoms with Gasteiger partial charge in [0, 0.05) is 22.2 Å². The van der Waals surface area contributed by atoms with Gasteiger partial charge in [0.05, 0.1) is 12.1 Å². The van der Waals surface area contributed by atoms with Gasteiger partial charge in [0.2, 0.25) is 5.91 Å². The van der Waals surface area contributed by atoms with Crippen LogP contribution in [0, 0.1) is 6.92 Å². The Labute approximate surface area is 155 Å². The van der Waals surface area contributed by atoms with Gasteiger partial charge in [-0.1, -0.05) is 24.3 Å². The fraction of sp³-hybridized carbons (Fsp3) is 0.100. The van der Waals surface area contributed by atoms with Crippen molar-refractivity contribution in [1.29, 1.82) is 0 Å². The first-order valence-electron chi connectivity index (χ1n) is 8.05. The highest BCUT2D eigenvalue weighted by atomic mass is 32.1. The summed E-state index contributed by atoms with van der Waals surface area (Å²) in [4.78, 5) is 25.3. The molecule has 6 heteroatoms. The number of phenols is 1. The number of amides is 2. The highest BCUT2D eigenvalue weighted by Gasteiger charge is 2.12. The molecule has 0 unspecified atom stereocenters. The second-order valence-electron chi connectivity index (χ2n) is 5.81. The molecule has 1 aromatic heterocycles. The van der Waals surface area contributed by atoms with E-state index in [1.54, 1.807) is 24.3 Å². The maximum absolute atomic E-state index is 12.3. The Bertz CT molecular complexity index is 936. The molecule has 0 fully saturated rings. The van der Waals surface area contributed by atoms with Gasteiger partial charge < -0.3 is 15.7 Å². The SMILES string of the molecule is Cc1ccccc1C(=O)Nc1ccc(NC(=O)Cc2cccs2)cc1O. The molecule has 26 heavy (non-hydrogen) atoms. The summed E-state index contributed by atoms with van der Waals surface area (Å²) in [6.07, 6.45) is 0.282. The Hall–Kier alpha value is -3.12. The topological polar surface area (TPSA) is 78.4 Å². The average Bonchev–Trinajstić information content (AvgIpc) is 3.10. The van der Waals surface area contributed by atoms with E-state index >= 15 is 0 Å². The molecule has 3 rings (SSSR count). The summed E-state index contributed by atoms with van der Waals surface area (Å²) < 4.78 is 0. The maximum Gasteiger partial charge on any atom is 0.256 e. The van der Waals surface area contributed by atoms with Crippen molar-refractivity contribution in [2.75, 3.05) is 10.6 Å². The maximum atomic E-state index is 12.3. The highest BCUT2D eigenvalue weighted by molar-refractivity contribution is 7.10. The van der Waals surface area contributed by atoms with Gasteiger partial charge in [0.15, 0.2) is 0 Å². The van der Waals surface area contributed by atoms with Crippen LogP contribution < -0.4 is 10.6 Å². The number of hydrogen-bond donors (Lipinski definition) is 3. The van der Waals surface area contributed by atoms with E-state index in [-0.39, 0.29) is 29.7 Å². The van der Waals surface area contributed by atoms with Crippen LogP contribution in [-0.4, -0.2) is 16.9 Å². The standard InChI is InChI=1S/C20H18N2O3S/c1-13-5-2-3-7-16(13)20(25)22-17-9-8-14(11-18(17)23)21-19(24)12-15-6-4-10-26-15/h2-11,23H,12H2,1H3,(H,21,24)(H,22,25). The quantitative estimate of drug-likeness (QED) is 0.592. The van der Waals surface area contributed by atoms with Gasteiger partial charge in [-0.25, -0.2) is 0 Å². The van der Waals surface area contributed by atoms with Gasteiger partial charge in [-0.3, -0.25) is 9.59 Å². The molecular formula is C20H18N2O3S. The van der Waals surface area contributed by atoms with Gasteiger partial charge in [0.1, 0.15) is 5.75 Å². The van der Waals surface area contributed by atoms with Crippen LogP contribution in [0.2, 0.25) is 0 Å². The number of anilines is 2. The molecule has 0 aliphatic heterocycles. The number of rotatable bonds is 5. The van der Waals surface area contributed by atoms with E-state index in [2.05, 4.69) is 10.6 Å². The molecule has 3 N–H and O–H groups in total. The fourth-order valence-corrected chi connectivity index (χ4v) is 3.21. The summed E-state index contributed by atoms with van der Waals surface area (Å²) in [7, 11) is 0. The Morgan fingerprint density at radius 2 is 1.85 bits per heavy atom. The summed E-state index contributed by atoms with van der Waals surface area (Å²) in [5.41, 5.74) is 2.15. The van der Waals surface area contributed by atoms with Crippen molar-refractivity contribution < 1.29 is 14.7 Å². The molecule has 132 valence electrons. The summed E-state index contributed by atoms with van der Waals surface area (Å²) in [6.45, 7) is 1.85. The van der Waals surface area contributed by atoms with Crippen molar-refractivity contribution in [2.24, 2.45) is 0 Å². The van der Waals surface area contributed by atoms with E-state index in [0.717, 1.165) is 10.4 Å². The normalized spacial score (nSPS) is 10.3. The molecule has 0 aliphatic rings. The number of benzene rings is 2. The third-order valence-corrected chi connectivity index (χ3v) is 4.71. The number of carbonyl (C=O) groups excluding carboxylic acids is 2. The predicted molar refractivity (Wildman–Crippen MR) is 104 cm³/mol. The number of nitrogens with one attached hydrogen (secondary N) is 2. The zero-order valence-electron chi connectivity index (χ0n) is 14.2. The molecule has 0 radical (unpaired) electrons. The van der Waals surface area contributed by atoms with Crippen LogP contribution in [-0.2, 0) is 11.2 Å². The minimum Gasteiger partial charge on any atom is -0.506 e. The second kappa shape index (κ2) is 7.84. The number of carbonyl (C=O) groups is 2. The lowest BCUT2D eigenvalue weighted by Crippen LogP contribution is -2.15. The third-order valence-electron chi connectivity index (χ3n) is 3.83. The van der Waals surface area contributed by atoms with Crippen molar-refractivity contribution in [1.82, 2.24) is 0 Å². The van der Waals surface area contributed by atoms with Crippen molar-refractivity contribution in [3.05, 3.63) is 76.0 Å². The van der Waals surface area contributed by atoms with Crippen LogP contribution in [0.15, 0.2) is 60.0 Å². The highest BCUT2D eigenvalue weighted by Crippen LogP contribution is 2.27. The lowest BCUT2D eigenvalue weighted by atomic mass is 10.1. The Morgan fingerprint density at radius 3 is 2.54 bits per heavy atom. The lowest BCUT2D eigenvalue weighted by molar-refractivity contribution is -0.115. The number of aromatic hydroxyl groups is 1. The number of hydrogen-bond acceptors (Lipinski definition) is 4. The first-order valence-corrected chi connectivity index (χ1v) is 8.93. The largest absolute Gasteiger partial charge is 0.506 e. The first kappa shape index (κ1) is 17.7. The van der Waals surface area contributed by atoms with Gasteiger partial charge >= 0.3 is 0 Å². The van der Waals surface area contributed by atoms with Crippen LogP contribution >= 0.6 is 11.3 Å². The molecule has 2 aromatic carbocycles. The number of aryl methyl sites for hydroxylation is 1. The average molecular weight is 366 g/mol. The summed E-state index contributed by atoms with van der Waals surface area (Å²) in [5, 5.41) is 17.5.